The Kier molecular flexibility index (Phi) is 17.5. The molecule has 0 aliphatic rings. The largest absolute Gasteiger partial charge is 0.335 e. The SMILES string of the molecule is CCCCCCCCCCCCCCCC(c1nccn1CCCCCCC)C(C)(Cc1ccccc1)c1ccccc1. The summed E-state index contributed by atoms with van der Waals surface area (Å²) in [5, 5.41) is 0. The van der Waals surface area contributed by atoms with Gasteiger partial charge in [-0.1, -0.05) is 191 Å². The fourth-order valence-electron chi connectivity index (χ4n) is 7.07. The summed E-state index contributed by atoms with van der Waals surface area (Å²) in [7, 11) is 0. The molecule has 43 heavy (non-hydrogen) atoms. The topological polar surface area (TPSA) is 17.8 Å². The number of aryl methyl sites for hydroxylation is 1. The van der Waals surface area contributed by atoms with Gasteiger partial charge in [-0.25, -0.2) is 4.98 Å². The van der Waals surface area contributed by atoms with Crippen molar-refractivity contribution in [2.75, 3.05) is 0 Å². The third-order valence-electron chi connectivity index (χ3n) is 9.77. The lowest BCUT2D eigenvalue weighted by Gasteiger charge is -2.39. The van der Waals surface area contributed by atoms with Gasteiger partial charge in [0.25, 0.3) is 0 Å². The second-order valence-electron chi connectivity index (χ2n) is 13.4. The van der Waals surface area contributed by atoms with Crippen LogP contribution in [0, 0.1) is 0 Å². The predicted octanol–water partition coefficient (Wildman–Crippen LogP) is 12.6. The van der Waals surface area contributed by atoms with Crippen molar-refractivity contribution in [3.05, 3.63) is 90.0 Å². The molecule has 2 aromatic carbocycles. The van der Waals surface area contributed by atoms with E-state index in [1.54, 1.807) is 0 Å². The first-order valence-electron chi connectivity index (χ1n) is 18.3. The number of hydrogen-bond acceptors (Lipinski definition) is 1. The summed E-state index contributed by atoms with van der Waals surface area (Å²) in [4.78, 5) is 5.11. The van der Waals surface area contributed by atoms with Crippen LogP contribution in [-0.2, 0) is 18.4 Å². The third-order valence-corrected chi connectivity index (χ3v) is 9.77. The zero-order chi connectivity index (χ0) is 30.4. The minimum absolute atomic E-state index is 0.0228. The van der Waals surface area contributed by atoms with Crippen LogP contribution in [-0.4, -0.2) is 9.55 Å². The van der Waals surface area contributed by atoms with E-state index in [-0.39, 0.29) is 5.41 Å². The van der Waals surface area contributed by atoms with Crippen molar-refractivity contribution < 1.29 is 0 Å². The van der Waals surface area contributed by atoms with Crippen LogP contribution in [0.4, 0.5) is 0 Å². The second kappa shape index (κ2) is 21.4. The molecule has 3 rings (SSSR count). The summed E-state index contributed by atoms with van der Waals surface area (Å²) in [6.45, 7) is 8.21. The molecule has 0 radical (unpaired) electrons. The summed E-state index contributed by atoms with van der Waals surface area (Å²) in [5.74, 6) is 1.69. The molecule has 0 spiro atoms. The Bertz CT molecular complexity index is 1060. The summed E-state index contributed by atoms with van der Waals surface area (Å²) in [6.07, 6.45) is 31.3. The number of hydrogen-bond donors (Lipinski definition) is 0. The van der Waals surface area contributed by atoms with Crippen molar-refractivity contribution in [1.29, 1.82) is 0 Å². The summed E-state index contributed by atoms with van der Waals surface area (Å²) >= 11 is 0. The fraction of sp³-hybridized carbons (Fsp3) is 0.634. The van der Waals surface area contributed by atoms with Gasteiger partial charge in [0.15, 0.2) is 0 Å². The molecule has 2 unspecified atom stereocenters. The molecule has 0 saturated heterocycles. The second-order valence-corrected chi connectivity index (χ2v) is 13.4. The monoisotopic (exact) mass is 585 g/mol. The van der Waals surface area contributed by atoms with Crippen molar-refractivity contribution in [3.63, 3.8) is 0 Å². The fourth-order valence-corrected chi connectivity index (χ4v) is 7.07. The highest BCUT2D eigenvalue weighted by Crippen LogP contribution is 2.44. The summed E-state index contributed by atoms with van der Waals surface area (Å²) in [5.41, 5.74) is 2.84. The van der Waals surface area contributed by atoms with Gasteiger partial charge in [0.1, 0.15) is 5.82 Å². The molecule has 1 heterocycles. The molecule has 2 nitrogen and oxygen atoms in total. The minimum Gasteiger partial charge on any atom is -0.335 e. The van der Waals surface area contributed by atoms with Gasteiger partial charge >= 0.3 is 0 Å². The number of nitrogens with zero attached hydrogens (tertiary/aromatic N) is 2. The Hall–Kier alpha value is -2.35. The van der Waals surface area contributed by atoms with Crippen molar-refractivity contribution in [2.45, 2.75) is 167 Å². The maximum atomic E-state index is 5.11. The molecule has 0 saturated carbocycles. The van der Waals surface area contributed by atoms with Crippen LogP contribution >= 0.6 is 0 Å². The number of imidazole rings is 1. The van der Waals surface area contributed by atoms with Gasteiger partial charge in [0.05, 0.1) is 0 Å². The maximum Gasteiger partial charge on any atom is 0.112 e. The minimum atomic E-state index is -0.0228. The molecule has 238 valence electrons. The van der Waals surface area contributed by atoms with Gasteiger partial charge in [0, 0.05) is 30.3 Å². The quantitative estimate of drug-likeness (QED) is 0.0906. The number of rotatable bonds is 25. The zero-order valence-corrected chi connectivity index (χ0v) is 28.2. The zero-order valence-electron chi connectivity index (χ0n) is 28.2. The van der Waals surface area contributed by atoms with Gasteiger partial charge < -0.3 is 4.57 Å². The van der Waals surface area contributed by atoms with E-state index < -0.39 is 0 Å². The van der Waals surface area contributed by atoms with Crippen LogP contribution in [0.3, 0.4) is 0 Å². The normalized spacial score (nSPS) is 13.7. The van der Waals surface area contributed by atoms with Crippen LogP contribution in [0.2, 0.25) is 0 Å². The highest BCUT2D eigenvalue weighted by Gasteiger charge is 2.39. The summed E-state index contributed by atoms with van der Waals surface area (Å²) < 4.78 is 2.51. The average molecular weight is 585 g/mol. The first-order valence-corrected chi connectivity index (χ1v) is 18.3. The average Bonchev–Trinajstić information content (AvgIpc) is 3.50. The predicted molar refractivity (Wildman–Crippen MR) is 188 cm³/mol. The number of benzene rings is 2. The molecule has 3 aromatic rings. The lowest BCUT2D eigenvalue weighted by atomic mass is 9.66. The maximum absolute atomic E-state index is 5.11. The Balaban J connectivity index is 1.65. The molecule has 0 N–H and O–H groups in total. The molecule has 0 aliphatic carbocycles. The van der Waals surface area contributed by atoms with Gasteiger partial charge in [-0.2, -0.15) is 0 Å². The van der Waals surface area contributed by atoms with Crippen LogP contribution in [0.1, 0.15) is 166 Å². The van der Waals surface area contributed by atoms with Gasteiger partial charge in [-0.15, -0.1) is 0 Å². The van der Waals surface area contributed by atoms with E-state index in [1.165, 1.54) is 139 Å². The third kappa shape index (κ3) is 12.7. The van der Waals surface area contributed by atoms with Crippen molar-refractivity contribution in [1.82, 2.24) is 9.55 Å². The van der Waals surface area contributed by atoms with Gasteiger partial charge in [-0.05, 0) is 30.4 Å². The molecule has 2 heteroatoms. The summed E-state index contributed by atoms with van der Waals surface area (Å²) in [6, 6.07) is 22.5. The van der Waals surface area contributed by atoms with Crippen LogP contribution in [0.5, 0.6) is 0 Å². The Morgan fingerprint density at radius 3 is 1.65 bits per heavy atom. The van der Waals surface area contributed by atoms with Gasteiger partial charge in [-0.3, -0.25) is 0 Å². The molecule has 0 bridgehead atoms. The molecule has 0 fully saturated rings. The Morgan fingerprint density at radius 2 is 1.09 bits per heavy atom. The van der Waals surface area contributed by atoms with E-state index in [9.17, 15) is 0 Å². The van der Waals surface area contributed by atoms with E-state index in [4.69, 9.17) is 4.98 Å². The highest BCUT2D eigenvalue weighted by molar-refractivity contribution is 5.33. The van der Waals surface area contributed by atoms with E-state index in [0.717, 1.165) is 13.0 Å². The van der Waals surface area contributed by atoms with E-state index >= 15 is 0 Å². The van der Waals surface area contributed by atoms with Crippen LogP contribution < -0.4 is 0 Å². The van der Waals surface area contributed by atoms with E-state index in [2.05, 4.69) is 98.4 Å². The smallest absolute Gasteiger partial charge is 0.112 e. The lowest BCUT2D eigenvalue weighted by Crippen LogP contribution is -2.35. The van der Waals surface area contributed by atoms with Crippen molar-refractivity contribution >= 4 is 0 Å². The molecule has 2 atom stereocenters. The molecule has 1 aromatic heterocycles. The molecular weight excluding hydrogens is 520 g/mol. The van der Waals surface area contributed by atoms with E-state index in [0.29, 0.717) is 5.92 Å². The lowest BCUT2D eigenvalue weighted by molar-refractivity contribution is 0.321. The first-order chi connectivity index (χ1) is 21.2. The standard InChI is InChI=1S/C41H64N2/c1-4-6-8-10-11-12-13-14-15-16-17-18-26-32-39(40-42-33-35-43(40)34-27-19-9-7-5-2)41(3,38-30-24-21-25-31-38)36-37-28-22-20-23-29-37/h20-25,28-31,33,35,39H,4-19,26-27,32,34,36H2,1-3H3. The Morgan fingerprint density at radius 1 is 0.605 bits per heavy atom. The van der Waals surface area contributed by atoms with Crippen LogP contribution in [0.15, 0.2) is 73.1 Å². The Labute approximate surface area is 266 Å². The first kappa shape index (κ1) is 35.1. The van der Waals surface area contributed by atoms with E-state index in [1.807, 2.05) is 0 Å². The van der Waals surface area contributed by atoms with Crippen LogP contribution in [0.25, 0.3) is 0 Å². The molecule has 0 aliphatic heterocycles. The molecule has 0 amide bonds. The molecular formula is C41H64N2. The van der Waals surface area contributed by atoms with Gasteiger partial charge in [0.2, 0.25) is 0 Å². The highest BCUT2D eigenvalue weighted by atomic mass is 15.1. The number of unbranched alkanes of at least 4 members (excludes halogenated alkanes) is 16. The number of aromatic nitrogens is 2. The van der Waals surface area contributed by atoms with Crippen molar-refractivity contribution in [2.24, 2.45) is 0 Å². The van der Waals surface area contributed by atoms with Crippen molar-refractivity contribution in [3.8, 4) is 0 Å².